The van der Waals surface area contributed by atoms with E-state index in [1.807, 2.05) is 24.3 Å². The molecule has 29 heavy (non-hydrogen) atoms. The van der Waals surface area contributed by atoms with Crippen molar-refractivity contribution in [3.8, 4) is 5.75 Å². The lowest BCUT2D eigenvalue weighted by molar-refractivity contribution is -0.122. The zero-order valence-corrected chi connectivity index (χ0v) is 16.7. The highest BCUT2D eigenvalue weighted by atomic mass is 32.1. The number of anilines is 1. The van der Waals surface area contributed by atoms with Gasteiger partial charge in [-0.15, -0.1) is 11.3 Å². The van der Waals surface area contributed by atoms with Crippen molar-refractivity contribution in [1.29, 1.82) is 0 Å². The van der Waals surface area contributed by atoms with Crippen molar-refractivity contribution in [3.63, 3.8) is 0 Å². The quantitative estimate of drug-likeness (QED) is 0.593. The second kappa shape index (κ2) is 10.8. The number of aromatic nitrogens is 1. The van der Waals surface area contributed by atoms with Gasteiger partial charge in [-0.2, -0.15) is 0 Å². The molecule has 3 aromatic rings. The minimum absolute atomic E-state index is 0.00778. The van der Waals surface area contributed by atoms with Crippen molar-refractivity contribution in [2.24, 2.45) is 0 Å². The van der Waals surface area contributed by atoms with Gasteiger partial charge in [0.15, 0.2) is 5.13 Å². The van der Waals surface area contributed by atoms with Crippen molar-refractivity contribution in [2.75, 3.05) is 12.4 Å². The van der Waals surface area contributed by atoms with Crippen LogP contribution in [-0.2, 0) is 17.6 Å². The summed E-state index contributed by atoms with van der Waals surface area (Å²) in [5, 5.41) is 11.7. The van der Waals surface area contributed by atoms with Crippen LogP contribution in [0, 0.1) is 6.92 Å². The Morgan fingerprint density at radius 2 is 2.00 bits per heavy atom. The minimum Gasteiger partial charge on any atom is -0.497 e. The molecule has 152 valence electrons. The van der Waals surface area contributed by atoms with Crippen molar-refractivity contribution in [2.45, 2.75) is 19.8 Å². The standard InChI is InChI=1S/C19H18N2O4S.CH2O2/c1-12-11-15(8-5-13-3-6-14(24-2)7-4-13)25-18(23)16(12)17(22)21-19-20-9-10-26-19;2-1-3/h3-4,6-7,9-11H,5,8H2,1-2H3,(H,20,21,22);1H,(H,2,3). The molecule has 2 heterocycles. The first-order valence-electron chi connectivity index (χ1n) is 8.53. The Labute approximate surface area is 170 Å². The predicted octanol–water partition coefficient (Wildman–Crippen LogP) is 3.15. The Hall–Kier alpha value is -3.46. The lowest BCUT2D eigenvalue weighted by Gasteiger charge is -2.07. The molecule has 0 unspecified atom stereocenters. The highest BCUT2D eigenvalue weighted by Gasteiger charge is 2.17. The van der Waals surface area contributed by atoms with Gasteiger partial charge in [-0.05, 0) is 42.7 Å². The van der Waals surface area contributed by atoms with E-state index in [1.54, 1.807) is 31.7 Å². The zero-order valence-electron chi connectivity index (χ0n) is 15.9. The molecule has 9 heteroatoms. The normalized spacial score (nSPS) is 9.86. The number of amides is 1. The molecule has 0 aliphatic rings. The van der Waals surface area contributed by atoms with Crippen molar-refractivity contribution < 1.29 is 23.8 Å². The smallest absolute Gasteiger partial charge is 0.349 e. The van der Waals surface area contributed by atoms with Gasteiger partial charge in [-0.1, -0.05) is 12.1 Å². The number of hydrogen-bond donors (Lipinski definition) is 2. The van der Waals surface area contributed by atoms with E-state index in [0.717, 1.165) is 17.7 Å². The first kappa shape index (κ1) is 21.8. The van der Waals surface area contributed by atoms with Crippen LogP contribution in [-0.4, -0.2) is 29.6 Å². The van der Waals surface area contributed by atoms with E-state index < -0.39 is 11.5 Å². The summed E-state index contributed by atoms with van der Waals surface area (Å²) in [6.45, 7) is 1.48. The molecule has 8 nitrogen and oxygen atoms in total. The number of carbonyl (C=O) groups excluding carboxylic acids is 1. The average molecular weight is 416 g/mol. The number of benzene rings is 1. The molecule has 0 atom stereocenters. The molecule has 1 amide bonds. The molecule has 0 radical (unpaired) electrons. The van der Waals surface area contributed by atoms with Gasteiger partial charge in [0.1, 0.15) is 17.1 Å². The van der Waals surface area contributed by atoms with Crippen LogP contribution in [0.2, 0.25) is 0 Å². The Morgan fingerprint density at radius 3 is 2.55 bits per heavy atom. The van der Waals surface area contributed by atoms with E-state index in [9.17, 15) is 9.59 Å². The van der Waals surface area contributed by atoms with Crippen LogP contribution in [0.1, 0.15) is 27.2 Å². The minimum atomic E-state index is -0.635. The molecule has 0 aliphatic carbocycles. The molecule has 2 N–H and O–H groups in total. The fourth-order valence-electron chi connectivity index (χ4n) is 2.57. The number of rotatable bonds is 6. The van der Waals surface area contributed by atoms with Crippen molar-refractivity contribution in [3.05, 3.63) is 74.8 Å². The van der Waals surface area contributed by atoms with E-state index in [1.165, 1.54) is 11.3 Å². The first-order chi connectivity index (χ1) is 14.0. The van der Waals surface area contributed by atoms with Gasteiger partial charge >= 0.3 is 5.63 Å². The number of thiazole rings is 1. The maximum Gasteiger partial charge on any atom is 0.349 e. The fourth-order valence-corrected chi connectivity index (χ4v) is 3.10. The van der Waals surface area contributed by atoms with Gasteiger partial charge in [0.05, 0.1) is 7.11 Å². The van der Waals surface area contributed by atoms with Gasteiger partial charge in [0.2, 0.25) is 0 Å². The largest absolute Gasteiger partial charge is 0.497 e. The lowest BCUT2D eigenvalue weighted by atomic mass is 10.1. The van der Waals surface area contributed by atoms with Crippen LogP contribution in [0.25, 0.3) is 0 Å². The molecular weight excluding hydrogens is 396 g/mol. The van der Waals surface area contributed by atoms with E-state index in [0.29, 0.717) is 22.9 Å². The van der Waals surface area contributed by atoms with E-state index in [-0.39, 0.29) is 12.0 Å². The summed E-state index contributed by atoms with van der Waals surface area (Å²) in [6, 6.07) is 9.46. The van der Waals surface area contributed by atoms with Crippen LogP contribution >= 0.6 is 11.3 Å². The van der Waals surface area contributed by atoms with Crippen LogP contribution in [0.15, 0.2) is 51.1 Å². The Kier molecular flexibility index (Phi) is 8.11. The van der Waals surface area contributed by atoms with Crippen LogP contribution in [0.3, 0.4) is 0 Å². The first-order valence-corrected chi connectivity index (χ1v) is 9.41. The number of nitrogens with one attached hydrogen (secondary N) is 1. The van der Waals surface area contributed by atoms with Crippen molar-refractivity contribution >= 4 is 28.8 Å². The van der Waals surface area contributed by atoms with Gasteiger partial charge in [-0.25, -0.2) is 9.78 Å². The number of ether oxygens (including phenoxy) is 1. The molecule has 0 saturated heterocycles. The Morgan fingerprint density at radius 1 is 1.31 bits per heavy atom. The molecule has 1 aromatic carbocycles. The number of nitrogens with zero attached hydrogens (tertiary/aromatic N) is 1. The summed E-state index contributed by atoms with van der Waals surface area (Å²) in [7, 11) is 1.62. The molecule has 0 bridgehead atoms. The molecule has 0 fully saturated rings. The summed E-state index contributed by atoms with van der Waals surface area (Å²) in [5.41, 5.74) is 1.06. The average Bonchev–Trinajstić information content (AvgIpc) is 3.20. The number of methoxy groups -OCH3 is 1. The SMILES string of the molecule is COc1ccc(CCc2cc(C)c(C(=O)Nc3nccs3)c(=O)o2)cc1.O=CO. The van der Waals surface area contributed by atoms with Gasteiger partial charge in [0.25, 0.3) is 12.4 Å². The topological polar surface area (TPSA) is 119 Å². The number of carboxylic acid groups (broad SMARTS) is 1. The molecule has 2 aromatic heterocycles. The lowest BCUT2D eigenvalue weighted by Crippen LogP contribution is -2.23. The molecular formula is C20H20N2O6S. The monoisotopic (exact) mass is 416 g/mol. The maximum absolute atomic E-state index is 12.3. The third kappa shape index (κ3) is 6.28. The second-order valence-electron chi connectivity index (χ2n) is 5.80. The maximum atomic E-state index is 12.3. The Balaban J connectivity index is 0.000000941. The number of carbonyl (C=O) groups is 2. The Bertz CT molecular complexity index is 997. The predicted molar refractivity (Wildman–Crippen MR) is 109 cm³/mol. The summed E-state index contributed by atoms with van der Waals surface area (Å²) < 4.78 is 10.5. The third-order valence-electron chi connectivity index (χ3n) is 3.90. The number of aryl methyl sites for hydroxylation is 3. The van der Waals surface area contributed by atoms with Gasteiger partial charge < -0.3 is 14.3 Å². The van der Waals surface area contributed by atoms with E-state index >= 15 is 0 Å². The van der Waals surface area contributed by atoms with E-state index in [2.05, 4.69) is 10.3 Å². The number of hydrogen-bond acceptors (Lipinski definition) is 7. The van der Waals surface area contributed by atoms with Crippen LogP contribution in [0.4, 0.5) is 5.13 Å². The molecule has 0 saturated carbocycles. The summed E-state index contributed by atoms with van der Waals surface area (Å²) in [4.78, 5) is 36.9. The zero-order chi connectivity index (χ0) is 21.2. The summed E-state index contributed by atoms with van der Waals surface area (Å²) in [6.07, 6.45) is 2.87. The molecule has 0 aliphatic heterocycles. The fraction of sp³-hybridized carbons (Fsp3) is 0.200. The molecule has 3 rings (SSSR count). The van der Waals surface area contributed by atoms with E-state index in [4.69, 9.17) is 19.1 Å². The molecule has 0 spiro atoms. The highest BCUT2D eigenvalue weighted by Crippen LogP contribution is 2.16. The summed E-state index contributed by atoms with van der Waals surface area (Å²) in [5.74, 6) is 0.841. The van der Waals surface area contributed by atoms with Crippen LogP contribution < -0.4 is 15.7 Å². The summed E-state index contributed by atoms with van der Waals surface area (Å²) >= 11 is 1.28. The highest BCUT2D eigenvalue weighted by molar-refractivity contribution is 7.13. The van der Waals surface area contributed by atoms with Crippen LogP contribution in [0.5, 0.6) is 5.75 Å². The third-order valence-corrected chi connectivity index (χ3v) is 4.59. The van der Waals surface area contributed by atoms with Gasteiger partial charge in [-0.3, -0.25) is 14.9 Å². The van der Waals surface area contributed by atoms with Crippen molar-refractivity contribution in [1.82, 2.24) is 4.98 Å². The van der Waals surface area contributed by atoms with Gasteiger partial charge in [0, 0.05) is 18.0 Å². The second-order valence-corrected chi connectivity index (χ2v) is 6.70.